The molecular formula is C8H14ClNO2. The van der Waals surface area contributed by atoms with Crippen molar-refractivity contribution in [3.8, 4) is 0 Å². The van der Waals surface area contributed by atoms with Gasteiger partial charge < -0.3 is 5.11 Å². The predicted molar refractivity (Wildman–Crippen MR) is 47.6 cm³/mol. The fourth-order valence-electron chi connectivity index (χ4n) is 2.39. The van der Waals surface area contributed by atoms with E-state index >= 15 is 0 Å². The lowest BCUT2D eigenvalue weighted by Crippen LogP contribution is -2.43. The van der Waals surface area contributed by atoms with Gasteiger partial charge in [-0.05, 0) is 38.3 Å². The molecule has 2 rings (SSSR count). The van der Waals surface area contributed by atoms with Crippen molar-refractivity contribution in [2.45, 2.75) is 25.3 Å². The molecule has 3 nitrogen and oxygen atoms in total. The Kier molecular flexibility index (Phi) is 2.96. The van der Waals surface area contributed by atoms with E-state index in [1.165, 1.54) is 6.42 Å². The lowest BCUT2D eigenvalue weighted by atomic mass is 9.92. The average Bonchev–Trinajstić information content (AvgIpc) is 2.23. The first-order valence-corrected chi connectivity index (χ1v) is 4.26. The SMILES string of the molecule is Cl.O=C(O)C1C2CCCN1CC2. The highest BCUT2D eigenvalue weighted by atomic mass is 35.5. The Hall–Kier alpha value is -0.280. The summed E-state index contributed by atoms with van der Waals surface area (Å²) in [7, 11) is 0. The Bertz CT molecular complexity index is 170. The molecule has 0 saturated carbocycles. The summed E-state index contributed by atoms with van der Waals surface area (Å²) >= 11 is 0. The van der Waals surface area contributed by atoms with Crippen LogP contribution >= 0.6 is 12.4 Å². The third-order valence-electron chi connectivity index (χ3n) is 2.90. The Morgan fingerprint density at radius 3 is 2.58 bits per heavy atom. The number of piperidine rings is 1. The van der Waals surface area contributed by atoms with Crippen LogP contribution in [-0.2, 0) is 4.79 Å². The van der Waals surface area contributed by atoms with Crippen LogP contribution in [0.1, 0.15) is 19.3 Å². The minimum atomic E-state index is -0.618. The van der Waals surface area contributed by atoms with Gasteiger partial charge in [0.2, 0.25) is 0 Å². The highest BCUT2D eigenvalue weighted by Gasteiger charge is 2.41. The molecule has 2 saturated heterocycles. The lowest BCUT2D eigenvalue weighted by molar-refractivity contribution is -0.144. The summed E-state index contributed by atoms with van der Waals surface area (Å²) in [6.45, 7) is 2.00. The Morgan fingerprint density at radius 1 is 1.33 bits per heavy atom. The Balaban J connectivity index is 0.000000720. The summed E-state index contributed by atoms with van der Waals surface area (Å²) < 4.78 is 0. The first-order valence-electron chi connectivity index (χ1n) is 4.26. The Labute approximate surface area is 78.2 Å². The van der Waals surface area contributed by atoms with Crippen LogP contribution in [0.15, 0.2) is 0 Å². The van der Waals surface area contributed by atoms with Crippen molar-refractivity contribution in [1.82, 2.24) is 4.90 Å². The van der Waals surface area contributed by atoms with E-state index in [9.17, 15) is 4.79 Å². The summed E-state index contributed by atoms with van der Waals surface area (Å²) in [6.07, 6.45) is 3.40. The maximum atomic E-state index is 10.8. The molecule has 0 amide bonds. The third kappa shape index (κ3) is 1.43. The number of carboxylic acid groups (broad SMARTS) is 1. The molecule has 3 atom stereocenters. The zero-order valence-corrected chi connectivity index (χ0v) is 7.72. The fourth-order valence-corrected chi connectivity index (χ4v) is 2.39. The molecule has 2 aliphatic rings. The maximum Gasteiger partial charge on any atom is 0.321 e. The summed E-state index contributed by atoms with van der Waals surface area (Å²) in [5.41, 5.74) is 0. The first-order chi connectivity index (χ1) is 5.29. The molecule has 3 unspecified atom stereocenters. The number of fused-ring (bicyclic) bond motifs is 2. The molecule has 0 aromatic carbocycles. The van der Waals surface area contributed by atoms with Gasteiger partial charge in [0.15, 0.2) is 0 Å². The number of halogens is 1. The Morgan fingerprint density at radius 2 is 2.08 bits per heavy atom. The molecule has 4 heteroatoms. The van der Waals surface area contributed by atoms with Crippen LogP contribution in [0.3, 0.4) is 0 Å². The van der Waals surface area contributed by atoms with E-state index in [1.807, 2.05) is 0 Å². The largest absolute Gasteiger partial charge is 0.480 e. The van der Waals surface area contributed by atoms with E-state index in [2.05, 4.69) is 4.90 Å². The van der Waals surface area contributed by atoms with E-state index in [0.717, 1.165) is 25.9 Å². The van der Waals surface area contributed by atoms with Gasteiger partial charge in [0.05, 0.1) is 0 Å². The van der Waals surface area contributed by atoms with E-state index in [0.29, 0.717) is 5.92 Å². The zero-order valence-electron chi connectivity index (χ0n) is 6.90. The number of nitrogens with zero attached hydrogens (tertiary/aromatic N) is 1. The average molecular weight is 192 g/mol. The van der Waals surface area contributed by atoms with Crippen LogP contribution in [-0.4, -0.2) is 35.1 Å². The molecule has 0 aliphatic carbocycles. The summed E-state index contributed by atoms with van der Waals surface area (Å²) in [4.78, 5) is 12.9. The monoisotopic (exact) mass is 191 g/mol. The highest BCUT2D eigenvalue weighted by Crippen LogP contribution is 2.32. The molecule has 0 aromatic heterocycles. The van der Waals surface area contributed by atoms with Crippen molar-refractivity contribution < 1.29 is 9.90 Å². The van der Waals surface area contributed by atoms with Gasteiger partial charge in [0, 0.05) is 0 Å². The fraction of sp³-hybridized carbons (Fsp3) is 0.875. The maximum absolute atomic E-state index is 10.8. The number of carbonyl (C=O) groups is 1. The molecule has 2 heterocycles. The van der Waals surface area contributed by atoms with Crippen LogP contribution in [0.25, 0.3) is 0 Å². The molecular weight excluding hydrogens is 178 g/mol. The van der Waals surface area contributed by atoms with Gasteiger partial charge in [0.25, 0.3) is 0 Å². The van der Waals surface area contributed by atoms with Crippen LogP contribution < -0.4 is 0 Å². The number of rotatable bonds is 1. The van der Waals surface area contributed by atoms with Gasteiger partial charge >= 0.3 is 5.97 Å². The zero-order chi connectivity index (χ0) is 7.84. The van der Waals surface area contributed by atoms with Gasteiger partial charge in [0.1, 0.15) is 6.04 Å². The van der Waals surface area contributed by atoms with Crippen LogP contribution in [0.5, 0.6) is 0 Å². The third-order valence-corrected chi connectivity index (χ3v) is 2.90. The molecule has 0 spiro atoms. The van der Waals surface area contributed by atoms with Gasteiger partial charge in [-0.3, -0.25) is 9.69 Å². The number of hydrogen-bond acceptors (Lipinski definition) is 2. The normalized spacial score (nSPS) is 38.8. The van der Waals surface area contributed by atoms with Crippen molar-refractivity contribution in [1.29, 1.82) is 0 Å². The number of hydrogen-bond donors (Lipinski definition) is 1. The van der Waals surface area contributed by atoms with Crippen LogP contribution in [0.4, 0.5) is 0 Å². The topological polar surface area (TPSA) is 40.5 Å². The van der Waals surface area contributed by atoms with E-state index in [1.54, 1.807) is 0 Å². The molecule has 0 radical (unpaired) electrons. The quantitative estimate of drug-likeness (QED) is 0.672. The predicted octanol–water partition coefficient (Wildman–Crippen LogP) is 0.977. The highest BCUT2D eigenvalue weighted by molar-refractivity contribution is 5.85. The van der Waals surface area contributed by atoms with Crippen molar-refractivity contribution in [2.75, 3.05) is 13.1 Å². The number of aliphatic carboxylic acids is 1. The minimum Gasteiger partial charge on any atom is -0.480 e. The van der Waals surface area contributed by atoms with Crippen molar-refractivity contribution >= 4 is 18.4 Å². The van der Waals surface area contributed by atoms with Crippen molar-refractivity contribution in [3.63, 3.8) is 0 Å². The second-order valence-electron chi connectivity index (χ2n) is 3.51. The molecule has 0 aromatic rings. The molecule has 12 heavy (non-hydrogen) atoms. The molecule has 70 valence electrons. The van der Waals surface area contributed by atoms with Crippen molar-refractivity contribution in [2.24, 2.45) is 5.92 Å². The van der Waals surface area contributed by atoms with Gasteiger partial charge in [-0.1, -0.05) is 0 Å². The first kappa shape index (κ1) is 9.81. The van der Waals surface area contributed by atoms with E-state index < -0.39 is 5.97 Å². The van der Waals surface area contributed by atoms with Gasteiger partial charge in [-0.15, -0.1) is 12.4 Å². The standard InChI is InChI=1S/C8H13NO2.ClH/c10-8(11)7-6-2-1-4-9(7)5-3-6;/h6-7H,1-5H2,(H,10,11);1H. The summed E-state index contributed by atoms with van der Waals surface area (Å²) in [5, 5.41) is 8.88. The van der Waals surface area contributed by atoms with Gasteiger partial charge in [-0.2, -0.15) is 0 Å². The molecule has 2 fully saturated rings. The van der Waals surface area contributed by atoms with E-state index in [4.69, 9.17) is 5.11 Å². The smallest absolute Gasteiger partial charge is 0.321 e. The molecule has 1 N–H and O–H groups in total. The van der Waals surface area contributed by atoms with Crippen LogP contribution in [0, 0.1) is 5.92 Å². The van der Waals surface area contributed by atoms with E-state index in [-0.39, 0.29) is 18.4 Å². The molecule has 2 aliphatic heterocycles. The minimum absolute atomic E-state index is 0. The van der Waals surface area contributed by atoms with Crippen molar-refractivity contribution in [3.05, 3.63) is 0 Å². The molecule has 2 bridgehead atoms. The second-order valence-corrected chi connectivity index (χ2v) is 3.51. The second kappa shape index (κ2) is 3.62. The summed E-state index contributed by atoms with van der Waals surface area (Å²) in [6, 6.07) is -0.149. The summed E-state index contributed by atoms with van der Waals surface area (Å²) in [5.74, 6) is -0.173. The van der Waals surface area contributed by atoms with Crippen LogP contribution in [0.2, 0.25) is 0 Å². The van der Waals surface area contributed by atoms with Gasteiger partial charge in [-0.25, -0.2) is 0 Å². The lowest BCUT2D eigenvalue weighted by Gasteiger charge is -2.29. The number of carboxylic acids is 1.